The van der Waals surface area contributed by atoms with Gasteiger partial charge < -0.3 is 11.1 Å². The third-order valence-corrected chi connectivity index (χ3v) is 6.14. The average Bonchev–Trinajstić information content (AvgIpc) is 2.95. The number of nitrogen functional groups attached to an aromatic ring is 1. The van der Waals surface area contributed by atoms with E-state index in [4.69, 9.17) is 22.3 Å². The van der Waals surface area contributed by atoms with Crippen molar-refractivity contribution in [2.24, 2.45) is 0 Å². The smallest absolute Gasteiger partial charge is 0.267 e. The maximum absolute atomic E-state index is 13.8. The molecule has 1 atom stereocenters. The number of pyridine rings is 1. The second-order valence-electron chi connectivity index (χ2n) is 8.54. The van der Waals surface area contributed by atoms with E-state index in [0.29, 0.717) is 45.2 Å². The van der Waals surface area contributed by atoms with E-state index in [-0.39, 0.29) is 11.4 Å². The van der Waals surface area contributed by atoms with Gasteiger partial charge in [-0.3, -0.25) is 9.36 Å². The van der Waals surface area contributed by atoms with Gasteiger partial charge in [-0.2, -0.15) is 0 Å². The number of nitrogens with zero attached hydrogens (tertiary/aromatic N) is 5. The van der Waals surface area contributed by atoms with Gasteiger partial charge in [0.2, 0.25) is 0 Å². The quantitative estimate of drug-likeness (QED) is 0.205. The first-order chi connectivity index (χ1) is 19.3. The fourth-order valence-electron chi connectivity index (χ4n) is 3.97. The molecule has 0 spiro atoms. The second kappa shape index (κ2) is 14.1. The lowest BCUT2D eigenvalue weighted by Gasteiger charge is -2.22. The van der Waals surface area contributed by atoms with Gasteiger partial charge in [-0.15, -0.1) is 0 Å². The molecule has 4 aromatic rings. The molecule has 0 saturated heterocycles. The predicted molar refractivity (Wildman–Crippen MR) is 165 cm³/mol. The molecule has 0 radical (unpaired) electrons. The number of halogens is 1. The summed E-state index contributed by atoms with van der Waals surface area (Å²) in [5.41, 5.74) is 9.13. The van der Waals surface area contributed by atoms with Crippen molar-refractivity contribution in [3.8, 4) is 11.8 Å². The van der Waals surface area contributed by atoms with Crippen LogP contribution >= 0.6 is 11.6 Å². The van der Waals surface area contributed by atoms with Gasteiger partial charge in [0, 0.05) is 11.4 Å². The van der Waals surface area contributed by atoms with E-state index in [1.165, 1.54) is 6.33 Å². The highest BCUT2D eigenvalue weighted by molar-refractivity contribution is 6.35. The van der Waals surface area contributed by atoms with Gasteiger partial charge in [0.1, 0.15) is 35.0 Å². The Morgan fingerprint density at radius 2 is 1.90 bits per heavy atom. The Labute approximate surface area is 240 Å². The van der Waals surface area contributed by atoms with Crippen molar-refractivity contribution in [2.75, 3.05) is 11.1 Å². The van der Waals surface area contributed by atoms with E-state index in [2.05, 4.69) is 32.1 Å². The summed E-state index contributed by atoms with van der Waals surface area (Å²) in [4.78, 5) is 31.5. The maximum atomic E-state index is 13.8. The summed E-state index contributed by atoms with van der Waals surface area (Å²) in [6.07, 6.45) is 7.66. The van der Waals surface area contributed by atoms with E-state index < -0.39 is 6.04 Å². The van der Waals surface area contributed by atoms with Gasteiger partial charge in [-0.1, -0.05) is 62.6 Å². The summed E-state index contributed by atoms with van der Waals surface area (Å²) in [7, 11) is 0. The normalized spacial score (nSPS) is 11.9. The van der Waals surface area contributed by atoms with Crippen molar-refractivity contribution in [2.45, 2.75) is 54.0 Å². The molecule has 1 aromatic carbocycles. The zero-order valence-corrected chi connectivity index (χ0v) is 24.4. The van der Waals surface area contributed by atoms with Crippen LogP contribution in [0.1, 0.15) is 69.9 Å². The van der Waals surface area contributed by atoms with Crippen LogP contribution < -0.4 is 16.6 Å². The molecule has 9 heteroatoms. The Kier molecular flexibility index (Phi) is 10.6. The van der Waals surface area contributed by atoms with Gasteiger partial charge in [0.05, 0.1) is 22.0 Å². The molecule has 4 rings (SSSR count). The Bertz CT molecular complexity index is 1680. The Morgan fingerprint density at radius 3 is 2.60 bits per heavy atom. The molecule has 206 valence electrons. The number of benzene rings is 1. The molecule has 0 saturated carbocycles. The second-order valence-corrected chi connectivity index (χ2v) is 8.95. The molecule has 3 aromatic heterocycles. The van der Waals surface area contributed by atoms with Gasteiger partial charge in [0.15, 0.2) is 0 Å². The SMILES string of the molecule is C/C=C\C=C(/CC)n1c(C(C)Nc2ncnc(N)c2C#Cc2cccc(C)n2)nc2cccc(Cl)c2c1=O.CC. The molecule has 0 amide bonds. The third-order valence-electron chi connectivity index (χ3n) is 5.82. The molecule has 0 fully saturated rings. The zero-order chi connectivity index (χ0) is 29.2. The molecule has 0 aliphatic rings. The summed E-state index contributed by atoms with van der Waals surface area (Å²) in [5, 5.41) is 4.07. The minimum absolute atomic E-state index is 0.229. The summed E-state index contributed by atoms with van der Waals surface area (Å²) in [6, 6.07) is 10.4. The number of allylic oxidation sites excluding steroid dienone is 4. The maximum Gasteiger partial charge on any atom is 0.267 e. The standard InChI is InChI=1S/C29H28ClN7O.C2H6/c1-5-7-12-21(6-2)37-28(36-24-14-9-13-23(30)25(24)29(37)38)19(4)35-27-22(26(31)32-17-33-27)16-15-20-11-8-10-18(3)34-20;1-2/h5,7-14,17,19H,6H2,1-4H3,(H3,31,32,33,35);1-2H3/b7-5-,21-12+;. The summed E-state index contributed by atoms with van der Waals surface area (Å²) in [6.45, 7) is 11.7. The third kappa shape index (κ3) is 6.74. The molecule has 3 N–H and O–H groups in total. The van der Waals surface area contributed by atoms with Crippen molar-refractivity contribution >= 4 is 39.8 Å². The van der Waals surface area contributed by atoms with E-state index in [9.17, 15) is 4.79 Å². The number of hydrogen-bond donors (Lipinski definition) is 2. The molecule has 0 aliphatic heterocycles. The average molecular weight is 556 g/mol. The van der Waals surface area contributed by atoms with E-state index in [1.807, 2.05) is 78.0 Å². The first-order valence-corrected chi connectivity index (χ1v) is 13.6. The topological polar surface area (TPSA) is 112 Å². The number of rotatable bonds is 6. The molecular weight excluding hydrogens is 522 g/mol. The first-order valence-electron chi connectivity index (χ1n) is 13.2. The number of nitrogens with one attached hydrogen (secondary N) is 1. The Balaban J connectivity index is 0.00000216. The van der Waals surface area contributed by atoms with Crippen LogP contribution in [0, 0.1) is 18.8 Å². The van der Waals surface area contributed by atoms with E-state index >= 15 is 0 Å². The van der Waals surface area contributed by atoms with Crippen molar-refractivity contribution < 1.29 is 0 Å². The molecule has 0 aliphatic carbocycles. The molecule has 1 unspecified atom stereocenters. The fourth-order valence-corrected chi connectivity index (χ4v) is 4.22. The van der Waals surface area contributed by atoms with Gasteiger partial charge in [-0.25, -0.2) is 19.9 Å². The highest BCUT2D eigenvalue weighted by atomic mass is 35.5. The number of anilines is 2. The molecule has 40 heavy (non-hydrogen) atoms. The fraction of sp³-hybridized carbons (Fsp3) is 0.258. The summed E-state index contributed by atoms with van der Waals surface area (Å²) >= 11 is 6.43. The van der Waals surface area contributed by atoms with Crippen molar-refractivity contribution in [3.05, 3.63) is 99.1 Å². The van der Waals surface area contributed by atoms with Crippen molar-refractivity contribution in [3.63, 3.8) is 0 Å². The highest BCUT2D eigenvalue weighted by Gasteiger charge is 2.21. The molecule has 3 heterocycles. The van der Waals surface area contributed by atoms with Gasteiger partial charge in [-0.05, 0) is 63.5 Å². The predicted octanol–water partition coefficient (Wildman–Crippen LogP) is 6.55. The number of nitrogens with two attached hydrogens (primary N) is 1. The molecular formula is C31H34ClN7O. The zero-order valence-electron chi connectivity index (χ0n) is 23.7. The Hall–Kier alpha value is -4.48. The van der Waals surface area contributed by atoms with Crippen LogP contribution in [0.4, 0.5) is 11.6 Å². The minimum Gasteiger partial charge on any atom is -0.382 e. The highest BCUT2D eigenvalue weighted by Crippen LogP contribution is 2.26. The van der Waals surface area contributed by atoms with Crippen LogP contribution in [0.15, 0.2) is 65.7 Å². The molecule has 8 nitrogen and oxygen atoms in total. The lowest BCUT2D eigenvalue weighted by atomic mass is 10.1. The van der Waals surface area contributed by atoms with Crippen LogP contribution in [0.3, 0.4) is 0 Å². The van der Waals surface area contributed by atoms with Crippen LogP contribution in [-0.4, -0.2) is 24.5 Å². The van der Waals surface area contributed by atoms with Crippen LogP contribution in [0.5, 0.6) is 0 Å². The van der Waals surface area contributed by atoms with Crippen LogP contribution in [0.25, 0.3) is 16.6 Å². The van der Waals surface area contributed by atoms with E-state index in [1.54, 1.807) is 22.8 Å². The number of aryl methyl sites for hydroxylation is 1. The lowest BCUT2D eigenvalue weighted by molar-refractivity contribution is 0.729. The number of hydrogen-bond acceptors (Lipinski definition) is 7. The number of fused-ring (bicyclic) bond motifs is 1. The summed E-state index contributed by atoms with van der Waals surface area (Å²) in [5.74, 6) is 7.24. The van der Waals surface area contributed by atoms with Crippen molar-refractivity contribution in [1.82, 2.24) is 24.5 Å². The van der Waals surface area contributed by atoms with Gasteiger partial charge in [0.25, 0.3) is 5.56 Å². The summed E-state index contributed by atoms with van der Waals surface area (Å²) < 4.78 is 1.61. The largest absolute Gasteiger partial charge is 0.382 e. The monoisotopic (exact) mass is 555 g/mol. The van der Waals surface area contributed by atoms with Gasteiger partial charge >= 0.3 is 0 Å². The van der Waals surface area contributed by atoms with Crippen LogP contribution in [-0.2, 0) is 0 Å². The number of aromatic nitrogens is 5. The molecule has 0 bridgehead atoms. The van der Waals surface area contributed by atoms with E-state index in [0.717, 1.165) is 11.4 Å². The van der Waals surface area contributed by atoms with Crippen molar-refractivity contribution in [1.29, 1.82) is 0 Å². The van der Waals surface area contributed by atoms with Crippen LogP contribution in [0.2, 0.25) is 5.02 Å². The lowest BCUT2D eigenvalue weighted by Crippen LogP contribution is -2.28. The minimum atomic E-state index is -0.460. The first kappa shape index (κ1) is 30.1. The Morgan fingerprint density at radius 1 is 1.15 bits per heavy atom.